The lowest BCUT2D eigenvalue weighted by atomic mass is 9.87. The summed E-state index contributed by atoms with van der Waals surface area (Å²) in [6.45, 7) is 6.69. The minimum atomic E-state index is -1.13. The highest BCUT2D eigenvalue weighted by atomic mass is 16.5. The fourth-order valence-electron chi connectivity index (χ4n) is 3.19. The maximum atomic E-state index is 12.0. The van der Waals surface area contributed by atoms with Gasteiger partial charge in [0, 0.05) is 22.7 Å². The molecular weight excluding hydrogens is 390 g/mol. The number of esters is 1. The number of ether oxygens (including phenoxy) is 2. The van der Waals surface area contributed by atoms with E-state index in [0.29, 0.717) is 13.2 Å². The molecule has 0 heterocycles. The zero-order valence-corrected chi connectivity index (χ0v) is 18.8. The number of carbonyl (C=O) groups excluding carboxylic acids is 1. The van der Waals surface area contributed by atoms with Gasteiger partial charge in [-0.1, -0.05) is 74.0 Å². The van der Waals surface area contributed by atoms with Crippen LogP contribution < -0.4 is 0 Å². The van der Waals surface area contributed by atoms with E-state index in [9.17, 15) is 10.0 Å². The van der Waals surface area contributed by atoms with Gasteiger partial charge < -0.3 is 14.7 Å². The van der Waals surface area contributed by atoms with Crippen molar-refractivity contribution >= 4 is 5.97 Å². The fourth-order valence-corrected chi connectivity index (χ4v) is 3.19. The molecule has 0 aliphatic carbocycles. The van der Waals surface area contributed by atoms with Crippen molar-refractivity contribution in [1.29, 1.82) is 0 Å². The van der Waals surface area contributed by atoms with E-state index in [1.807, 2.05) is 81.4 Å². The summed E-state index contributed by atoms with van der Waals surface area (Å²) in [5.74, 6) is -0.138. The first-order chi connectivity index (χ1) is 15.0. The second-order valence-electron chi connectivity index (χ2n) is 8.25. The van der Waals surface area contributed by atoms with Crippen LogP contribution in [-0.2, 0) is 19.9 Å². The quantitative estimate of drug-likeness (QED) is 0.228. The molecule has 2 aromatic rings. The molecule has 0 fully saturated rings. The summed E-state index contributed by atoms with van der Waals surface area (Å²) in [5, 5.41) is 14.2. The van der Waals surface area contributed by atoms with Gasteiger partial charge in [-0.15, -0.1) is 0 Å². The molecule has 0 aliphatic heterocycles. The number of hydrogen-bond donors (Lipinski definition) is 0. The number of rotatable bonds is 12. The van der Waals surface area contributed by atoms with Gasteiger partial charge in [0.05, 0.1) is 12.0 Å². The first-order valence-corrected chi connectivity index (χ1v) is 11.0. The maximum Gasteiger partial charge on any atom is 0.344 e. The van der Waals surface area contributed by atoms with Crippen molar-refractivity contribution in [2.45, 2.75) is 58.5 Å². The van der Waals surface area contributed by atoms with E-state index in [0.717, 1.165) is 43.2 Å². The first-order valence-electron chi connectivity index (χ1n) is 11.0. The fraction of sp³-hybridized carbons (Fsp3) is 0.462. The third-order valence-electron chi connectivity index (χ3n) is 5.59. The van der Waals surface area contributed by atoms with Crippen molar-refractivity contribution in [3.05, 3.63) is 82.0 Å². The van der Waals surface area contributed by atoms with Gasteiger partial charge in [0.15, 0.2) is 0 Å². The number of nitrogens with zero attached hydrogens (tertiary/aromatic N) is 1. The molecule has 2 aromatic carbocycles. The molecule has 31 heavy (non-hydrogen) atoms. The van der Waals surface area contributed by atoms with Gasteiger partial charge in [0.1, 0.15) is 0 Å². The van der Waals surface area contributed by atoms with Crippen molar-refractivity contribution in [1.82, 2.24) is 0 Å². The number of benzene rings is 2. The van der Waals surface area contributed by atoms with Crippen LogP contribution in [0.15, 0.2) is 60.7 Å². The van der Waals surface area contributed by atoms with Gasteiger partial charge in [-0.05, 0) is 39.5 Å². The molecule has 0 aromatic heterocycles. The van der Waals surface area contributed by atoms with E-state index in [4.69, 9.17) is 9.47 Å². The molecule has 0 saturated heterocycles. The van der Waals surface area contributed by atoms with Gasteiger partial charge in [0.25, 0.3) is 5.60 Å². The Labute approximate surface area is 185 Å². The molecule has 0 aliphatic rings. The summed E-state index contributed by atoms with van der Waals surface area (Å²) < 4.78 is 11.6. The smallest absolute Gasteiger partial charge is 0.344 e. The summed E-state index contributed by atoms with van der Waals surface area (Å²) in [4.78, 5) is 12.0. The van der Waals surface area contributed by atoms with Crippen molar-refractivity contribution in [3.63, 3.8) is 0 Å². The maximum absolute atomic E-state index is 12.0. The van der Waals surface area contributed by atoms with E-state index < -0.39 is 11.0 Å². The Morgan fingerprint density at radius 2 is 1.42 bits per heavy atom. The molecule has 5 nitrogen and oxygen atoms in total. The van der Waals surface area contributed by atoms with E-state index in [1.165, 1.54) is 0 Å². The van der Waals surface area contributed by atoms with Crippen LogP contribution in [0.2, 0.25) is 0 Å². The van der Waals surface area contributed by atoms with Crippen LogP contribution >= 0.6 is 0 Å². The number of unbranched alkanes of at least 4 members (excludes halogenated alkanes) is 3. The molecule has 166 valence electrons. The monoisotopic (exact) mass is 423 g/mol. The summed E-state index contributed by atoms with van der Waals surface area (Å²) in [6, 6.07) is 21.8. The molecular formula is C26H33NO4. The van der Waals surface area contributed by atoms with Crippen LogP contribution in [0.1, 0.15) is 64.0 Å². The standard InChI is InChI=1S/C26H33NO4/c1-4-25(2,3)24(28)30-19-13-5-6-14-20-31-26(21-27-29,22-15-9-7-10-16-22)23-17-11-8-12-18-23/h7-12,15-18H,4-6,13-14,19-20H2,1-3H3. The summed E-state index contributed by atoms with van der Waals surface area (Å²) in [7, 11) is 0. The molecule has 0 N–H and O–H groups in total. The molecule has 0 unspecified atom stereocenters. The van der Waals surface area contributed by atoms with Gasteiger partial charge in [0.2, 0.25) is 0 Å². The molecule has 0 atom stereocenters. The average molecular weight is 424 g/mol. The highest BCUT2D eigenvalue weighted by Crippen LogP contribution is 2.34. The van der Waals surface area contributed by atoms with Crippen molar-refractivity contribution in [2.24, 2.45) is 5.41 Å². The predicted octanol–water partition coefficient (Wildman–Crippen LogP) is 6.32. The Bertz CT molecular complexity index is 814. The van der Waals surface area contributed by atoms with Crippen LogP contribution in [-0.4, -0.2) is 19.2 Å². The summed E-state index contributed by atoms with van der Waals surface area (Å²) in [5.41, 5.74) is 0.0644. The lowest BCUT2D eigenvalue weighted by Gasteiger charge is -2.25. The minimum absolute atomic E-state index is 0.138. The number of carbonyl (C=O) groups is 1. The molecule has 0 spiro atoms. The summed E-state index contributed by atoms with van der Waals surface area (Å²) >= 11 is 0. The van der Waals surface area contributed by atoms with Gasteiger partial charge in [-0.25, -0.2) is 0 Å². The zero-order chi connectivity index (χ0) is 22.6. The Morgan fingerprint density at radius 3 is 1.90 bits per heavy atom. The van der Waals surface area contributed by atoms with Crippen molar-refractivity contribution < 1.29 is 14.3 Å². The van der Waals surface area contributed by atoms with Gasteiger partial charge in [-0.3, -0.25) is 4.79 Å². The van der Waals surface area contributed by atoms with E-state index in [2.05, 4.69) is 11.1 Å². The molecule has 5 heteroatoms. The minimum Gasteiger partial charge on any atom is -0.498 e. The second-order valence-corrected chi connectivity index (χ2v) is 8.25. The van der Waals surface area contributed by atoms with Gasteiger partial charge >= 0.3 is 12.0 Å². The lowest BCUT2D eigenvalue weighted by Crippen LogP contribution is -2.30. The zero-order valence-electron chi connectivity index (χ0n) is 18.8. The normalized spacial score (nSPS) is 11.5. The largest absolute Gasteiger partial charge is 0.498 e. The topological polar surface area (TPSA) is 63.0 Å². The Hall–Kier alpha value is -2.84. The van der Waals surface area contributed by atoms with E-state index in [-0.39, 0.29) is 5.97 Å². The summed E-state index contributed by atoms with van der Waals surface area (Å²) in [6.07, 6.45) is 4.27. The Balaban J connectivity index is 1.89. The van der Waals surface area contributed by atoms with Crippen LogP contribution in [0.3, 0.4) is 0 Å². The highest BCUT2D eigenvalue weighted by Gasteiger charge is 2.40. The van der Waals surface area contributed by atoms with Crippen LogP contribution in [0, 0.1) is 16.7 Å². The third kappa shape index (κ3) is 6.83. The first kappa shape index (κ1) is 24.4. The average Bonchev–Trinajstić information content (AvgIpc) is 2.81. The Morgan fingerprint density at radius 1 is 0.903 bits per heavy atom. The predicted molar refractivity (Wildman–Crippen MR) is 124 cm³/mol. The molecule has 2 rings (SSSR count). The Kier molecular flexibility index (Phi) is 9.55. The van der Waals surface area contributed by atoms with Crippen LogP contribution in [0.4, 0.5) is 0 Å². The third-order valence-corrected chi connectivity index (χ3v) is 5.59. The SMILES string of the molecule is CCC(C)(C)C(=O)OCCCCCCOC(C#[N+][O-])(c1ccccc1)c1ccccc1. The van der Waals surface area contributed by atoms with E-state index >= 15 is 0 Å². The molecule has 0 saturated carbocycles. The van der Waals surface area contributed by atoms with Crippen LogP contribution in [0.5, 0.6) is 0 Å². The van der Waals surface area contributed by atoms with Crippen LogP contribution in [0.25, 0.3) is 5.01 Å². The lowest BCUT2D eigenvalue weighted by molar-refractivity contribution is -0.154. The second kappa shape index (κ2) is 12.1. The molecule has 0 radical (unpaired) electrons. The highest BCUT2D eigenvalue weighted by molar-refractivity contribution is 5.75. The van der Waals surface area contributed by atoms with Crippen molar-refractivity contribution in [2.75, 3.05) is 13.2 Å². The number of hydrogen-bond acceptors (Lipinski definition) is 4. The molecule has 0 amide bonds. The molecule has 0 bridgehead atoms. The van der Waals surface area contributed by atoms with Gasteiger partial charge in [-0.2, -0.15) is 0 Å². The van der Waals surface area contributed by atoms with Crippen molar-refractivity contribution in [3.8, 4) is 6.07 Å². The van der Waals surface area contributed by atoms with E-state index in [1.54, 1.807) is 0 Å².